The van der Waals surface area contributed by atoms with Gasteiger partial charge in [0.05, 0.1) is 0 Å². The zero-order chi connectivity index (χ0) is 11.5. The first-order valence-electron chi connectivity index (χ1n) is 5.87. The number of hydrogen-bond acceptors (Lipinski definition) is 3. The molecule has 2 rings (SSSR count). The van der Waals surface area contributed by atoms with Gasteiger partial charge in [-0.3, -0.25) is 9.59 Å². The van der Waals surface area contributed by atoms with Gasteiger partial charge in [-0.05, 0) is 13.3 Å². The van der Waals surface area contributed by atoms with E-state index in [1.807, 2.05) is 16.7 Å². The topological polar surface area (TPSA) is 49.9 Å². The highest BCUT2D eigenvalue weighted by atomic mass is 16.5. The quantitative estimate of drug-likeness (QED) is 0.673. The van der Waals surface area contributed by atoms with Crippen molar-refractivity contribution in [3.8, 4) is 0 Å². The predicted octanol–water partition coefficient (Wildman–Crippen LogP) is -0.144. The van der Waals surface area contributed by atoms with E-state index < -0.39 is 0 Å². The highest BCUT2D eigenvalue weighted by molar-refractivity contribution is 5.81. The van der Waals surface area contributed by atoms with Gasteiger partial charge in [0.2, 0.25) is 11.8 Å². The molecule has 0 aromatic rings. The molecule has 1 atom stereocenters. The van der Waals surface area contributed by atoms with Gasteiger partial charge in [0.1, 0.15) is 6.61 Å². The lowest BCUT2D eigenvalue weighted by Crippen LogP contribution is -2.53. The Kier molecular flexibility index (Phi) is 3.43. The average Bonchev–Trinajstić information content (AvgIpc) is 2.67. The minimum atomic E-state index is 0.0425. The Bertz CT molecular complexity index is 293. The second-order valence-corrected chi connectivity index (χ2v) is 4.26. The van der Waals surface area contributed by atoms with Gasteiger partial charge < -0.3 is 14.5 Å². The smallest absolute Gasteiger partial charge is 0.248 e. The molecule has 0 aliphatic carbocycles. The van der Waals surface area contributed by atoms with Crippen LogP contribution in [-0.2, 0) is 14.3 Å². The van der Waals surface area contributed by atoms with Gasteiger partial charge >= 0.3 is 0 Å². The Morgan fingerprint density at radius 3 is 3.06 bits per heavy atom. The number of fused-ring (bicyclic) bond motifs is 1. The lowest BCUT2D eigenvalue weighted by molar-refractivity contribution is -0.142. The molecule has 2 amide bonds. The second-order valence-electron chi connectivity index (χ2n) is 4.26. The second kappa shape index (κ2) is 4.82. The summed E-state index contributed by atoms with van der Waals surface area (Å²) in [6.07, 6.45) is 1.52. The Morgan fingerprint density at radius 1 is 1.50 bits per heavy atom. The number of ether oxygens (including phenoxy) is 1. The van der Waals surface area contributed by atoms with Crippen LogP contribution in [0, 0.1) is 0 Å². The van der Waals surface area contributed by atoms with E-state index in [9.17, 15) is 9.59 Å². The summed E-state index contributed by atoms with van der Waals surface area (Å²) in [4.78, 5) is 26.9. The summed E-state index contributed by atoms with van der Waals surface area (Å²) >= 11 is 0. The first-order valence-corrected chi connectivity index (χ1v) is 5.87. The standard InChI is InChI=1S/C11H18N2O3/c1-2-16-8-11(15)12-5-6-13-9(7-12)3-4-10(13)14/h9H,2-8H2,1H3. The fourth-order valence-electron chi connectivity index (χ4n) is 2.37. The molecule has 0 radical (unpaired) electrons. The molecule has 0 aromatic heterocycles. The normalized spacial score (nSPS) is 24.8. The highest BCUT2D eigenvalue weighted by Crippen LogP contribution is 2.22. The maximum Gasteiger partial charge on any atom is 0.248 e. The van der Waals surface area contributed by atoms with Gasteiger partial charge in [0.15, 0.2) is 0 Å². The van der Waals surface area contributed by atoms with Crippen LogP contribution < -0.4 is 0 Å². The molecule has 0 spiro atoms. The van der Waals surface area contributed by atoms with E-state index in [0.717, 1.165) is 6.42 Å². The van der Waals surface area contributed by atoms with Crippen molar-refractivity contribution in [2.75, 3.05) is 32.8 Å². The molecule has 2 fully saturated rings. The summed E-state index contributed by atoms with van der Waals surface area (Å²) in [5.41, 5.74) is 0. The largest absolute Gasteiger partial charge is 0.372 e. The number of rotatable bonds is 3. The lowest BCUT2D eigenvalue weighted by atomic mass is 10.1. The zero-order valence-corrected chi connectivity index (χ0v) is 9.65. The molecule has 0 saturated carbocycles. The number of hydrogen-bond donors (Lipinski definition) is 0. The van der Waals surface area contributed by atoms with E-state index in [-0.39, 0.29) is 24.5 Å². The van der Waals surface area contributed by atoms with Gasteiger partial charge in [-0.15, -0.1) is 0 Å². The van der Waals surface area contributed by atoms with Crippen LogP contribution in [0.15, 0.2) is 0 Å². The van der Waals surface area contributed by atoms with Crippen LogP contribution in [0.4, 0.5) is 0 Å². The number of carbonyl (C=O) groups is 2. The maximum absolute atomic E-state index is 11.7. The maximum atomic E-state index is 11.7. The monoisotopic (exact) mass is 226 g/mol. The first kappa shape index (κ1) is 11.4. The Labute approximate surface area is 95.3 Å². The molecule has 90 valence electrons. The minimum absolute atomic E-state index is 0.0425. The van der Waals surface area contributed by atoms with Crippen LogP contribution in [0.2, 0.25) is 0 Å². The molecule has 5 nitrogen and oxygen atoms in total. The fraction of sp³-hybridized carbons (Fsp3) is 0.818. The third-order valence-corrected chi connectivity index (χ3v) is 3.28. The third-order valence-electron chi connectivity index (χ3n) is 3.28. The van der Waals surface area contributed by atoms with Crippen LogP contribution in [0.25, 0.3) is 0 Å². The Morgan fingerprint density at radius 2 is 2.31 bits per heavy atom. The summed E-state index contributed by atoms with van der Waals surface area (Å²) in [6.45, 7) is 4.61. The first-order chi connectivity index (χ1) is 7.72. The molecular weight excluding hydrogens is 208 g/mol. The van der Waals surface area contributed by atoms with Crippen molar-refractivity contribution in [3.63, 3.8) is 0 Å². The van der Waals surface area contributed by atoms with E-state index in [2.05, 4.69) is 0 Å². The molecule has 5 heteroatoms. The van der Waals surface area contributed by atoms with Gasteiger partial charge in [-0.25, -0.2) is 0 Å². The molecular formula is C11H18N2O3. The predicted molar refractivity (Wildman–Crippen MR) is 57.8 cm³/mol. The van der Waals surface area contributed by atoms with E-state index >= 15 is 0 Å². The van der Waals surface area contributed by atoms with E-state index in [1.165, 1.54) is 0 Å². The van der Waals surface area contributed by atoms with E-state index in [1.54, 1.807) is 0 Å². The van der Waals surface area contributed by atoms with Crippen LogP contribution in [0.5, 0.6) is 0 Å². The Hall–Kier alpha value is -1.10. The van der Waals surface area contributed by atoms with Crippen LogP contribution in [-0.4, -0.2) is 60.5 Å². The average molecular weight is 226 g/mol. The summed E-state index contributed by atoms with van der Waals surface area (Å²) in [5.74, 6) is 0.280. The molecule has 16 heavy (non-hydrogen) atoms. The summed E-state index contributed by atoms with van der Waals surface area (Å²) < 4.78 is 5.11. The molecule has 0 bridgehead atoms. The van der Waals surface area contributed by atoms with E-state index in [0.29, 0.717) is 32.7 Å². The molecule has 2 aliphatic heterocycles. The number of carbonyl (C=O) groups excluding carboxylic acids is 2. The van der Waals surface area contributed by atoms with Crippen LogP contribution >= 0.6 is 0 Å². The van der Waals surface area contributed by atoms with Crippen molar-refractivity contribution in [2.24, 2.45) is 0 Å². The minimum Gasteiger partial charge on any atom is -0.372 e. The van der Waals surface area contributed by atoms with Crippen molar-refractivity contribution in [1.29, 1.82) is 0 Å². The van der Waals surface area contributed by atoms with Gasteiger partial charge in [-0.1, -0.05) is 0 Å². The van der Waals surface area contributed by atoms with Gasteiger partial charge in [-0.2, -0.15) is 0 Å². The summed E-state index contributed by atoms with van der Waals surface area (Å²) in [7, 11) is 0. The van der Waals surface area contributed by atoms with Gasteiger partial charge in [0.25, 0.3) is 0 Å². The van der Waals surface area contributed by atoms with Crippen molar-refractivity contribution in [1.82, 2.24) is 9.80 Å². The molecule has 1 unspecified atom stereocenters. The van der Waals surface area contributed by atoms with Gasteiger partial charge in [0, 0.05) is 38.7 Å². The van der Waals surface area contributed by atoms with Crippen molar-refractivity contribution in [2.45, 2.75) is 25.8 Å². The zero-order valence-electron chi connectivity index (χ0n) is 9.65. The molecule has 2 saturated heterocycles. The van der Waals surface area contributed by atoms with Crippen LogP contribution in [0.1, 0.15) is 19.8 Å². The van der Waals surface area contributed by atoms with Crippen molar-refractivity contribution >= 4 is 11.8 Å². The number of amides is 2. The Balaban J connectivity index is 1.86. The molecule has 0 aromatic carbocycles. The van der Waals surface area contributed by atoms with Crippen molar-refractivity contribution < 1.29 is 14.3 Å². The number of piperazine rings is 1. The molecule has 2 heterocycles. The third kappa shape index (κ3) is 2.19. The molecule has 2 aliphatic rings. The SMILES string of the molecule is CCOCC(=O)N1CCN2C(=O)CCC2C1. The fourth-order valence-corrected chi connectivity index (χ4v) is 2.37. The molecule has 0 N–H and O–H groups in total. The van der Waals surface area contributed by atoms with Crippen molar-refractivity contribution in [3.05, 3.63) is 0 Å². The van der Waals surface area contributed by atoms with Crippen LogP contribution in [0.3, 0.4) is 0 Å². The summed E-state index contributed by atoms with van der Waals surface area (Å²) in [5, 5.41) is 0. The highest BCUT2D eigenvalue weighted by Gasteiger charge is 2.36. The lowest BCUT2D eigenvalue weighted by Gasteiger charge is -2.37. The summed E-state index contributed by atoms with van der Waals surface area (Å²) in [6, 6.07) is 0.242. The number of nitrogens with zero attached hydrogens (tertiary/aromatic N) is 2. The van der Waals surface area contributed by atoms with E-state index in [4.69, 9.17) is 4.74 Å².